The summed E-state index contributed by atoms with van der Waals surface area (Å²) in [6, 6.07) is 7.80. The van der Waals surface area contributed by atoms with Gasteiger partial charge in [0, 0.05) is 5.69 Å². The minimum absolute atomic E-state index is 0. The maximum Gasteiger partial charge on any atom is 0.0316 e. The van der Waals surface area contributed by atoms with Gasteiger partial charge in [0.15, 0.2) is 0 Å². The normalized spacial score (nSPS) is 7.30. The third-order valence-corrected chi connectivity index (χ3v) is 1.04. The fraction of sp³-hybridized carbons (Fsp3) is 0.143. The van der Waals surface area contributed by atoms with E-state index in [0.717, 1.165) is 5.69 Å². The van der Waals surface area contributed by atoms with E-state index in [4.69, 9.17) is 5.73 Å². The molecule has 0 heterocycles. The first-order chi connectivity index (χ1) is 3.79. The Morgan fingerprint density at radius 1 is 1.20 bits per heavy atom. The van der Waals surface area contributed by atoms with Crippen LogP contribution in [-0.2, 0) is 0 Å². The van der Waals surface area contributed by atoms with Gasteiger partial charge in [-0.25, -0.2) is 0 Å². The minimum Gasteiger partial charge on any atom is -0.399 e. The topological polar surface area (TPSA) is 26.0 Å². The molecule has 3 heteroatoms. The van der Waals surface area contributed by atoms with Crippen LogP contribution in [0.3, 0.4) is 0 Å². The van der Waals surface area contributed by atoms with E-state index in [-0.39, 0.29) is 24.8 Å². The van der Waals surface area contributed by atoms with Gasteiger partial charge in [-0.1, -0.05) is 12.1 Å². The van der Waals surface area contributed by atoms with Gasteiger partial charge in [0.25, 0.3) is 0 Å². The lowest BCUT2D eigenvalue weighted by molar-refractivity contribution is 1.47. The van der Waals surface area contributed by atoms with Gasteiger partial charge in [-0.2, -0.15) is 0 Å². The van der Waals surface area contributed by atoms with Crippen LogP contribution in [-0.4, -0.2) is 0 Å². The molecule has 58 valence electrons. The number of rotatable bonds is 0. The Bertz CT molecular complexity index is 171. The Labute approximate surface area is 73.4 Å². The zero-order valence-electron chi connectivity index (χ0n) is 5.70. The molecule has 0 bridgehead atoms. The second-order valence-electron chi connectivity index (χ2n) is 1.91. The van der Waals surface area contributed by atoms with Gasteiger partial charge in [-0.15, -0.1) is 24.8 Å². The molecular weight excluding hydrogens is 169 g/mol. The van der Waals surface area contributed by atoms with Crippen molar-refractivity contribution >= 4 is 30.5 Å². The standard InChI is InChI=1S/C7H9N.2ClH/c1-6-3-2-4-7(8)5-6;;/h2-5H,8H2,1H3;2*1H. The molecule has 0 atom stereocenters. The van der Waals surface area contributed by atoms with Gasteiger partial charge in [0.1, 0.15) is 0 Å². The van der Waals surface area contributed by atoms with Crippen molar-refractivity contribution in [3.8, 4) is 0 Å². The van der Waals surface area contributed by atoms with E-state index < -0.39 is 0 Å². The zero-order chi connectivity index (χ0) is 5.98. The van der Waals surface area contributed by atoms with Crippen LogP contribution in [0, 0.1) is 6.92 Å². The summed E-state index contributed by atoms with van der Waals surface area (Å²) in [7, 11) is 0. The quantitative estimate of drug-likeness (QED) is 0.609. The van der Waals surface area contributed by atoms with Crippen LogP contribution in [0.1, 0.15) is 5.56 Å². The third kappa shape index (κ3) is 3.59. The fourth-order valence-corrected chi connectivity index (χ4v) is 0.670. The summed E-state index contributed by atoms with van der Waals surface area (Å²) in [5.74, 6) is 0. The van der Waals surface area contributed by atoms with Crippen molar-refractivity contribution in [1.29, 1.82) is 0 Å². The molecule has 1 aromatic carbocycles. The molecule has 0 spiro atoms. The lowest BCUT2D eigenvalue weighted by Crippen LogP contribution is -1.82. The summed E-state index contributed by atoms with van der Waals surface area (Å²) in [5.41, 5.74) is 7.51. The van der Waals surface area contributed by atoms with Crippen molar-refractivity contribution < 1.29 is 0 Å². The van der Waals surface area contributed by atoms with Gasteiger partial charge in [0.05, 0.1) is 0 Å². The van der Waals surface area contributed by atoms with Gasteiger partial charge in [-0.05, 0) is 24.6 Å². The number of nitrogens with two attached hydrogens (primary N) is 1. The van der Waals surface area contributed by atoms with Crippen LogP contribution >= 0.6 is 24.8 Å². The SMILES string of the molecule is Cc1cccc(N)c1.Cl.Cl. The number of hydrogen-bond donors (Lipinski definition) is 1. The third-order valence-electron chi connectivity index (χ3n) is 1.04. The second-order valence-corrected chi connectivity index (χ2v) is 1.91. The molecule has 1 rings (SSSR count). The van der Waals surface area contributed by atoms with Crippen molar-refractivity contribution in [2.45, 2.75) is 6.92 Å². The average Bonchev–Trinajstić information content (AvgIpc) is 1.64. The highest BCUT2D eigenvalue weighted by Crippen LogP contribution is 2.03. The summed E-state index contributed by atoms with van der Waals surface area (Å²) < 4.78 is 0. The molecule has 0 aromatic heterocycles. The van der Waals surface area contributed by atoms with E-state index >= 15 is 0 Å². The molecule has 1 nitrogen and oxygen atoms in total. The summed E-state index contributed by atoms with van der Waals surface area (Å²) in [6.07, 6.45) is 0. The van der Waals surface area contributed by atoms with Crippen LogP contribution in [0.25, 0.3) is 0 Å². The highest BCUT2D eigenvalue weighted by molar-refractivity contribution is 5.85. The molecular formula is C7H11Cl2N. The van der Waals surface area contributed by atoms with Gasteiger partial charge in [0.2, 0.25) is 0 Å². The zero-order valence-corrected chi connectivity index (χ0v) is 7.34. The highest BCUT2D eigenvalue weighted by atomic mass is 35.5. The first-order valence-corrected chi connectivity index (χ1v) is 2.61. The first-order valence-electron chi connectivity index (χ1n) is 2.61. The number of hydrogen-bond acceptors (Lipinski definition) is 1. The molecule has 0 amide bonds. The van der Waals surface area contributed by atoms with Crippen molar-refractivity contribution in [3.63, 3.8) is 0 Å². The number of nitrogen functional groups attached to an aromatic ring is 1. The molecule has 0 aliphatic carbocycles. The Morgan fingerprint density at radius 2 is 1.80 bits per heavy atom. The Morgan fingerprint density at radius 3 is 2.10 bits per heavy atom. The van der Waals surface area contributed by atoms with Crippen LogP contribution in [0.4, 0.5) is 5.69 Å². The Balaban J connectivity index is 0. The molecule has 2 N–H and O–H groups in total. The second kappa shape index (κ2) is 5.39. The fourth-order valence-electron chi connectivity index (χ4n) is 0.670. The Kier molecular flexibility index (Phi) is 6.63. The van der Waals surface area contributed by atoms with Crippen molar-refractivity contribution in [2.24, 2.45) is 0 Å². The monoisotopic (exact) mass is 179 g/mol. The highest BCUT2D eigenvalue weighted by Gasteiger charge is 1.81. The summed E-state index contributed by atoms with van der Waals surface area (Å²) in [6.45, 7) is 2.02. The number of benzene rings is 1. The molecule has 0 aliphatic heterocycles. The predicted molar refractivity (Wildman–Crippen MR) is 50.1 cm³/mol. The molecule has 0 saturated heterocycles. The molecule has 0 saturated carbocycles. The van der Waals surface area contributed by atoms with Crippen molar-refractivity contribution in [2.75, 3.05) is 5.73 Å². The van der Waals surface area contributed by atoms with E-state index in [1.54, 1.807) is 0 Å². The molecule has 0 unspecified atom stereocenters. The maximum absolute atomic E-state index is 5.46. The van der Waals surface area contributed by atoms with E-state index in [1.165, 1.54) is 5.56 Å². The summed E-state index contributed by atoms with van der Waals surface area (Å²) >= 11 is 0. The smallest absolute Gasteiger partial charge is 0.0316 e. The van der Waals surface area contributed by atoms with Crippen LogP contribution < -0.4 is 5.73 Å². The lowest BCUT2D eigenvalue weighted by atomic mass is 10.2. The molecule has 1 aromatic rings. The van der Waals surface area contributed by atoms with E-state index in [9.17, 15) is 0 Å². The van der Waals surface area contributed by atoms with Gasteiger partial charge < -0.3 is 5.73 Å². The largest absolute Gasteiger partial charge is 0.399 e. The van der Waals surface area contributed by atoms with Crippen LogP contribution in [0.2, 0.25) is 0 Å². The summed E-state index contributed by atoms with van der Waals surface area (Å²) in [4.78, 5) is 0. The van der Waals surface area contributed by atoms with E-state index in [2.05, 4.69) is 0 Å². The number of aryl methyl sites for hydroxylation is 1. The molecule has 10 heavy (non-hydrogen) atoms. The maximum atomic E-state index is 5.46. The molecule has 0 aliphatic rings. The van der Waals surface area contributed by atoms with Crippen LogP contribution in [0.5, 0.6) is 0 Å². The lowest BCUT2D eigenvalue weighted by Gasteiger charge is -1.91. The number of anilines is 1. The van der Waals surface area contributed by atoms with Gasteiger partial charge in [-0.3, -0.25) is 0 Å². The van der Waals surface area contributed by atoms with Gasteiger partial charge >= 0.3 is 0 Å². The van der Waals surface area contributed by atoms with Crippen molar-refractivity contribution in [3.05, 3.63) is 29.8 Å². The summed E-state index contributed by atoms with van der Waals surface area (Å²) in [5, 5.41) is 0. The van der Waals surface area contributed by atoms with E-state index in [1.807, 2.05) is 31.2 Å². The number of halogens is 2. The van der Waals surface area contributed by atoms with Crippen molar-refractivity contribution in [1.82, 2.24) is 0 Å². The Hall–Kier alpha value is -0.400. The molecule has 0 radical (unpaired) electrons. The average molecular weight is 180 g/mol. The first kappa shape index (κ1) is 12.3. The molecule has 0 fully saturated rings. The van der Waals surface area contributed by atoms with Crippen LogP contribution in [0.15, 0.2) is 24.3 Å². The van der Waals surface area contributed by atoms with E-state index in [0.29, 0.717) is 0 Å². The predicted octanol–water partition coefficient (Wildman–Crippen LogP) is 2.42. The minimum atomic E-state index is 0.